The first kappa shape index (κ1) is 9.96. The van der Waals surface area contributed by atoms with Crippen molar-refractivity contribution >= 4 is 0 Å². The summed E-state index contributed by atoms with van der Waals surface area (Å²) < 4.78 is 5.43. The summed E-state index contributed by atoms with van der Waals surface area (Å²) >= 11 is 0. The van der Waals surface area contributed by atoms with E-state index in [0.29, 0.717) is 17.9 Å². The van der Waals surface area contributed by atoms with Crippen molar-refractivity contribution in [2.45, 2.75) is 27.2 Å². The third-order valence-electron chi connectivity index (χ3n) is 1.66. The van der Waals surface area contributed by atoms with Crippen LogP contribution in [-0.4, -0.2) is 16.6 Å². The van der Waals surface area contributed by atoms with Gasteiger partial charge in [0.05, 0.1) is 6.61 Å². The Labute approximate surface area is 79.2 Å². The van der Waals surface area contributed by atoms with E-state index in [1.54, 1.807) is 12.3 Å². The zero-order valence-corrected chi connectivity index (χ0v) is 8.45. The van der Waals surface area contributed by atoms with Gasteiger partial charge in [0, 0.05) is 12.3 Å². The summed E-state index contributed by atoms with van der Waals surface area (Å²) in [5.74, 6) is 0.652. The second-order valence-electron chi connectivity index (χ2n) is 4.21. The van der Waals surface area contributed by atoms with Gasteiger partial charge < -0.3 is 4.74 Å². The van der Waals surface area contributed by atoms with E-state index < -0.39 is 0 Å². The minimum absolute atomic E-state index is 0.313. The van der Waals surface area contributed by atoms with Crippen molar-refractivity contribution < 1.29 is 4.74 Å². The standard InChI is InChI=1S/C10H16N2O/c1-10(2,3)5-7-13-9-4-6-11-8-12-9/h4,6,8H,5,7H2,1-3H3. The lowest BCUT2D eigenvalue weighted by Gasteiger charge is -2.17. The highest BCUT2D eigenvalue weighted by molar-refractivity contribution is 5.04. The van der Waals surface area contributed by atoms with Crippen LogP contribution in [0.4, 0.5) is 0 Å². The molecule has 0 aliphatic heterocycles. The fourth-order valence-electron chi connectivity index (χ4n) is 0.826. The molecule has 1 heterocycles. The van der Waals surface area contributed by atoms with E-state index in [0.717, 1.165) is 6.42 Å². The summed E-state index contributed by atoms with van der Waals surface area (Å²) in [6.07, 6.45) is 4.20. The molecule has 0 radical (unpaired) electrons. The number of aromatic nitrogens is 2. The molecule has 0 saturated carbocycles. The van der Waals surface area contributed by atoms with Gasteiger partial charge >= 0.3 is 0 Å². The van der Waals surface area contributed by atoms with Crippen LogP contribution in [0.15, 0.2) is 18.6 Å². The Bertz CT molecular complexity index is 241. The fraction of sp³-hybridized carbons (Fsp3) is 0.600. The van der Waals surface area contributed by atoms with Crippen molar-refractivity contribution in [2.75, 3.05) is 6.61 Å². The van der Waals surface area contributed by atoms with Gasteiger partial charge in [-0.25, -0.2) is 9.97 Å². The first-order valence-corrected chi connectivity index (χ1v) is 4.47. The average Bonchev–Trinajstić information content (AvgIpc) is 2.04. The number of nitrogens with zero attached hydrogens (tertiary/aromatic N) is 2. The van der Waals surface area contributed by atoms with Crippen molar-refractivity contribution in [3.63, 3.8) is 0 Å². The second-order valence-corrected chi connectivity index (χ2v) is 4.21. The highest BCUT2D eigenvalue weighted by Crippen LogP contribution is 2.18. The molecule has 0 spiro atoms. The highest BCUT2D eigenvalue weighted by atomic mass is 16.5. The monoisotopic (exact) mass is 180 g/mol. The Morgan fingerprint density at radius 2 is 2.15 bits per heavy atom. The number of hydrogen-bond donors (Lipinski definition) is 0. The van der Waals surface area contributed by atoms with E-state index in [4.69, 9.17) is 4.74 Å². The molecule has 0 saturated heterocycles. The van der Waals surface area contributed by atoms with E-state index in [-0.39, 0.29) is 0 Å². The van der Waals surface area contributed by atoms with E-state index in [2.05, 4.69) is 30.7 Å². The molecule has 1 aromatic heterocycles. The molecule has 0 fully saturated rings. The number of rotatable bonds is 3. The summed E-state index contributed by atoms with van der Waals surface area (Å²) in [6.45, 7) is 7.28. The van der Waals surface area contributed by atoms with Gasteiger partial charge in [0.15, 0.2) is 0 Å². The van der Waals surface area contributed by atoms with Crippen LogP contribution in [0.5, 0.6) is 5.88 Å². The van der Waals surface area contributed by atoms with Gasteiger partial charge in [-0.05, 0) is 11.8 Å². The predicted octanol–water partition coefficient (Wildman–Crippen LogP) is 2.29. The first-order valence-electron chi connectivity index (χ1n) is 4.47. The molecule has 3 nitrogen and oxygen atoms in total. The van der Waals surface area contributed by atoms with Gasteiger partial charge in [-0.3, -0.25) is 0 Å². The normalized spacial score (nSPS) is 11.3. The lowest BCUT2D eigenvalue weighted by Crippen LogP contribution is -2.11. The molecular formula is C10H16N2O. The van der Waals surface area contributed by atoms with Gasteiger partial charge in [0.2, 0.25) is 5.88 Å². The summed E-state index contributed by atoms with van der Waals surface area (Å²) in [7, 11) is 0. The molecule has 1 rings (SSSR count). The third kappa shape index (κ3) is 4.45. The molecule has 3 heteroatoms. The molecule has 72 valence electrons. The van der Waals surface area contributed by atoms with Crippen LogP contribution in [-0.2, 0) is 0 Å². The van der Waals surface area contributed by atoms with Gasteiger partial charge in [0.1, 0.15) is 6.33 Å². The molecule has 13 heavy (non-hydrogen) atoms. The predicted molar refractivity (Wildman–Crippen MR) is 51.6 cm³/mol. The Morgan fingerprint density at radius 3 is 2.69 bits per heavy atom. The zero-order chi connectivity index (χ0) is 9.73. The molecule has 0 N–H and O–H groups in total. The fourth-order valence-corrected chi connectivity index (χ4v) is 0.826. The van der Waals surface area contributed by atoms with E-state index in [9.17, 15) is 0 Å². The minimum Gasteiger partial charge on any atom is -0.478 e. The van der Waals surface area contributed by atoms with Crippen LogP contribution in [0.2, 0.25) is 0 Å². The minimum atomic E-state index is 0.313. The van der Waals surface area contributed by atoms with Gasteiger partial charge in [-0.2, -0.15) is 0 Å². The summed E-state index contributed by atoms with van der Waals surface area (Å²) in [4.78, 5) is 7.78. The molecule has 0 aliphatic rings. The van der Waals surface area contributed by atoms with Crippen molar-refractivity contribution in [1.82, 2.24) is 9.97 Å². The van der Waals surface area contributed by atoms with Crippen molar-refractivity contribution in [1.29, 1.82) is 0 Å². The lowest BCUT2D eigenvalue weighted by atomic mass is 9.93. The van der Waals surface area contributed by atoms with Gasteiger partial charge in [-0.1, -0.05) is 20.8 Å². The Hall–Kier alpha value is -1.12. The van der Waals surface area contributed by atoms with Crippen molar-refractivity contribution in [3.8, 4) is 5.88 Å². The molecule has 0 aromatic carbocycles. The van der Waals surface area contributed by atoms with Crippen LogP contribution in [0, 0.1) is 5.41 Å². The van der Waals surface area contributed by atoms with Crippen LogP contribution < -0.4 is 4.74 Å². The molecular weight excluding hydrogens is 164 g/mol. The molecule has 0 bridgehead atoms. The second kappa shape index (κ2) is 4.21. The van der Waals surface area contributed by atoms with E-state index in [1.807, 2.05) is 0 Å². The maximum atomic E-state index is 5.43. The summed E-state index contributed by atoms with van der Waals surface area (Å²) in [5.41, 5.74) is 0.313. The molecule has 0 unspecified atom stereocenters. The number of ether oxygens (including phenoxy) is 1. The Balaban J connectivity index is 2.29. The van der Waals surface area contributed by atoms with Gasteiger partial charge in [-0.15, -0.1) is 0 Å². The number of hydrogen-bond acceptors (Lipinski definition) is 3. The maximum absolute atomic E-state index is 5.43. The molecule has 0 aliphatic carbocycles. The first-order chi connectivity index (χ1) is 6.08. The Morgan fingerprint density at radius 1 is 1.38 bits per heavy atom. The van der Waals surface area contributed by atoms with Crippen LogP contribution >= 0.6 is 0 Å². The molecule has 0 amide bonds. The van der Waals surface area contributed by atoms with E-state index >= 15 is 0 Å². The molecule has 1 aromatic rings. The van der Waals surface area contributed by atoms with Crippen LogP contribution in [0.1, 0.15) is 27.2 Å². The smallest absolute Gasteiger partial charge is 0.216 e. The summed E-state index contributed by atoms with van der Waals surface area (Å²) in [5, 5.41) is 0. The van der Waals surface area contributed by atoms with Crippen LogP contribution in [0.25, 0.3) is 0 Å². The van der Waals surface area contributed by atoms with E-state index in [1.165, 1.54) is 6.33 Å². The highest BCUT2D eigenvalue weighted by Gasteiger charge is 2.09. The maximum Gasteiger partial charge on any atom is 0.216 e. The van der Waals surface area contributed by atoms with Gasteiger partial charge in [0.25, 0.3) is 0 Å². The topological polar surface area (TPSA) is 35.0 Å². The van der Waals surface area contributed by atoms with Crippen molar-refractivity contribution in [2.24, 2.45) is 5.41 Å². The SMILES string of the molecule is CC(C)(C)CCOc1ccncn1. The van der Waals surface area contributed by atoms with Crippen LogP contribution in [0.3, 0.4) is 0 Å². The molecule has 0 atom stereocenters. The largest absolute Gasteiger partial charge is 0.478 e. The lowest BCUT2D eigenvalue weighted by molar-refractivity contribution is 0.236. The Kier molecular flexibility index (Phi) is 3.23. The van der Waals surface area contributed by atoms with Crippen molar-refractivity contribution in [3.05, 3.63) is 18.6 Å². The third-order valence-corrected chi connectivity index (χ3v) is 1.66. The quantitative estimate of drug-likeness (QED) is 0.715. The summed E-state index contributed by atoms with van der Waals surface area (Å²) in [6, 6.07) is 1.77. The zero-order valence-electron chi connectivity index (χ0n) is 8.45. The average molecular weight is 180 g/mol.